The van der Waals surface area contributed by atoms with Crippen molar-refractivity contribution in [2.75, 3.05) is 5.73 Å². The van der Waals surface area contributed by atoms with Crippen molar-refractivity contribution in [3.63, 3.8) is 0 Å². The highest BCUT2D eigenvalue weighted by Crippen LogP contribution is 2.24. The summed E-state index contributed by atoms with van der Waals surface area (Å²) in [6.07, 6.45) is 0. The van der Waals surface area contributed by atoms with Gasteiger partial charge < -0.3 is 5.73 Å². The van der Waals surface area contributed by atoms with E-state index in [-0.39, 0.29) is 12.4 Å². The summed E-state index contributed by atoms with van der Waals surface area (Å²) in [6, 6.07) is 0. The summed E-state index contributed by atoms with van der Waals surface area (Å²) in [4.78, 5) is 4.02. The number of aromatic nitrogens is 1. The molecule has 0 unspecified atom stereocenters. The minimum absolute atomic E-state index is 0. The molecule has 1 heterocycles. The minimum Gasteiger partial charge on any atom is -0.388 e. The average molecular weight is 230 g/mol. The van der Waals surface area contributed by atoms with Crippen LogP contribution in [0.1, 0.15) is 5.01 Å². The predicted octanol–water partition coefficient (Wildman–Crippen LogP) is 2.22. The summed E-state index contributed by atoms with van der Waals surface area (Å²) in [7, 11) is 0. The van der Waals surface area contributed by atoms with E-state index in [4.69, 9.17) is 5.73 Å². The van der Waals surface area contributed by atoms with Crippen LogP contribution in [0.25, 0.3) is 0 Å². The number of thiazole rings is 1. The third kappa shape index (κ3) is 2.12. The number of hydrogen-bond donors (Lipinski definition) is 1. The molecule has 5 heteroatoms. The van der Waals surface area contributed by atoms with Crippen LogP contribution in [0, 0.1) is 6.92 Å². The van der Waals surface area contributed by atoms with Crippen molar-refractivity contribution in [3.8, 4) is 0 Å². The Labute approximate surface area is 72.0 Å². The van der Waals surface area contributed by atoms with E-state index >= 15 is 0 Å². The maximum atomic E-state index is 5.45. The Balaban J connectivity index is 0.000000640. The minimum atomic E-state index is 0. The van der Waals surface area contributed by atoms with Crippen LogP contribution in [-0.2, 0) is 0 Å². The molecule has 0 aromatic carbocycles. The number of nitrogens with two attached hydrogens (primary N) is 1. The van der Waals surface area contributed by atoms with Gasteiger partial charge in [-0.2, -0.15) is 0 Å². The molecule has 0 amide bonds. The number of nitrogens with zero attached hydrogens (tertiary/aromatic N) is 1. The first kappa shape index (κ1) is 9.20. The average Bonchev–Trinajstić information content (AvgIpc) is 1.85. The maximum Gasteiger partial charge on any atom is 0.140 e. The molecule has 0 aliphatic carbocycles. The van der Waals surface area contributed by atoms with E-state index < -0.39 is 0 Å². The number of nitrogen functional groups attached to an aromatic ring is 1. The van der Waals surface area contributed by atoms with E-state index in [0.717, 1.165) is 14.6 Å². The lowest BCUT2D eigenvalue weighted by Crippen LogP contribution is -1.77. The van der Waals surface area contributed by atoms with Gasteiger partial charge in [0.15, 0.2) is 0 Å². The molecule has 52 valence electrons. The number of anilines is 1. The normalized spacial score (nSPS) is 8.67. The second-order valence-electron chi connectivity index (χ2n) is 1.39. The quantitative estimate of drug-likeness (QED) is 0.741. The lowest BCUT2D eigenvalue weighted by Gasteiger charge is -1.76. The van der Waals surface area contributed by atoms with Crippen molar-refractivity contribution in [1.29, 1.82) is 0 Å². The van der Waals surface area contributed by atoms with Gasteiger partial charge in [-0.25, -0.2) is 4.98 Å². The molecule has 1 rings (SSSR count). The lowest BCUT2D eigenvalue weighted by atomic mass is 10.8. The van der Waals surface area contributed by atoms with E-state index in [0.29, 0.717) is 0 Å². The van der Waals surface area contributed by atoms with Crippen LogP contribution in [0.3, 0.4) is 0 Å². The second-order valence-corrected chi connectivity index (χ2v) is 3.37. The van der Waals surface area contributed by atoms with Gasteiger partial charge in [-0.3, -0.25) is 0 Å². The molecule has 0 spiro atoms. The first-order valence-corrected chi connectivity index (χ1v) is 3.69. The Bertz CT molecular complexity index is 181. The molecule has 0 fully saturated rings. The molecule has 0 saturated heterocycles. The molecule has 0 aliphatic heterocycles. The highest BCUT2D eigenvalue weighted by Gasteiger charge is 1.98. The van der Waals surface area contributed by atoms with Crippen LogP contribution in [0.2, 0.25) is 0 Å². The number of aryl methyl sites for hydroxylation is 1. The summed E-state index contributed by atoms with van der Waals surface area (Å²) >= 11 is 4.68. The van der Waals surface area contributed by atoms with Gasteiger partial charge in [-0.15, -0.1) is 23.7 Å². The third-order valence-corrected chi connectivity index (χ3v) is 2.38. The van der Waals surface area contributed by atoms with Crippen molar-refractivity contribution < 1.29 is 0 Å². The summed E-state index contributed by atoms with van der Waals surface area (Å²) in [6.45, 7) is 1.92. The van der Waals surface area contributed by atoms with Gasteiger partial charge in [0.25, 0.3) is 0 Å². The lowest BCUT2D eigenvalue weighted by molar-refractivity contribution is 1.26. The highest BCUT2D eigenvalue weighted by molar-refractivity contribution is 9.10. The van der Waals surface area contributed by atoms with Crippen molar-refractivity contribution in [3.05, 3.63) is 9.61 Å². The van der Waals surface area contributed by atoms with Gasteiger partial charge in [0.1, 0.15) is 9.60 Å². The van der Waals surface area contributed by atoms with Crippen molar-refractivity contribution in [2.45, 2.75) is 6.92 Å². The molecule has 0 aliphatic rings. The Kier molecular flexibility index (Phi) is 3.46. The number of hydrogen-bond acceptors (Lipinski definition) is 3. The molecular weight excluding hydrogens is 223 g/mol. The first-order chi connectivity index (χ1) is 3.70. The third-order valence-electron chi connectivity index (χ3n) is 0.717. The summed E-state index contributed by atoms with van der Waals surface area (Å²) in [5.41, 5.74) is 5.45. The molecule has 1 aromatic heterocycles. The number of halogens is 2. The molecule has 0 saturated carbocycles. The Morgan fingerprint density at radius 2 is 2.22 bits per heavy atom. The van der Waals surface area contributed by atoms with Crippen LogP contribution >= 0.6 is 39.7 Å². The fourth-order valence-electron chi connectivity index (χ4n) is 0.417. The van der Waals surface area contributed by atoms with Crippen LogP contribution in [0.4, 0.5) is 5.00 Å². The molecule has 9 heavy (non-hydrogen) atoms. The largest absolute Gasteiger partial charge is 0.388 e. The van der Waals surface area contributed by atoms with Crippen LogP contribution < -0.4 is 5.73 Å². The first-order valence-electron chi connectivity index (χ1n) is 2.08. The monoisotopic (exact) mass is 228 g/mol. The van der Waals surface area contributed by atoms with E-state index in [1.54, 1.807) is 0 Å². The molecule has 1 aromatic rings. The van der Waals surface area contributed by atoms with Gasteiger partial charge in [0, 0.05) is 0 Å². The van der Waals surface area contributed by atoms with Crippen LogP contribution in [-0.4, -0.2) is 4.98 Å². The SMILES string of the molecule is Cc1nc(Br)c(N)s1.Cl. The molecular formula is C4H6BrClN2S. The van der Waals surface area contributed by atoms with Crippen molar-refractivity contribution in [2.24, 2.45) is 0 Å². The Morgan fingerprint density at radius 3 is 2.33 bits per heavy atom. The summed E-state index contributed by atoms with van der Waals surface area (Å²) < 4.78 is 0.764. The van der Waals surface area contributed by atoms with Crippen LogP contribution in [0.15, 0.2) is 4.60 Å². The zero-order valence-corrected chi connectivity index (χ0v) is 7.94. The van der Waals surface area contributed by atoms with Gasteiger partial charge >= 0.3 is 0 Å². The molecule has 0 bridgehead atoms. The van der Waals surface area contributed by atoms with Crippen molar-refractivity contribution >= 4 is 44.7 Å². The molecule has 0 radical (unpaired) electrons. The summed E-state index contributed by atoms with van der Waals surface area (Å²) in [5.74, 6) is 0. The van der Waals surface area contributed by atoms with Gasteiger partial charge in [0.05, 0.1) is 5.01 Å². The van der Waals surface area contributed by atoms with Crippen molar-refractivity contribution in [1.82, 2.24) is 4.98 Å². The molecule has 2 N–H and O–H groups in total. The fourth-order valence-corrected chi connectivity index (χ4v) is 1.63. The zero-order valence-electron chi connectivity index (χ0n) is 4.72. The Morgan fingerprint density at radius 1 is 1.67 bits per heavy atom. The Hall–Kier alpha value is 0.200. The molecule has 0 atom stereocenters. The molecule has 2 nitrogen and oxygen atoms in total. The smallest absolute Gasteiger partial charge is 0.140 e. The zero-order chi connectivity index (χ0) is 6.15. The second kappa shape index (κ2) is 3.39. The standard InChI is InChI=1S/C4H5BrN2S.ClH/c1-2-7-3(5)4(6)8-2;/h6H2,1H3;1H. The van der Waals surface area contributed by atoms with E-state index in [1.165, 1.54) is 11.3 Å². The fraction of sp³-hybridized carbons (Fsp3) is 0.250. The topological polar surface area (TPSA) is 38.9 Å². The van der Waals surface area contributed by atoms with Crippen LogP contribution in [0.5, 0.6) is 0 Å². The van der Waals surface area contributed by atoms with E-state index in [2.05, 4.69) is 20.9 Å². The highest BCUT2D eigenvalue weighted by atomic mass is 79.9. The predicted molar refractivity (Wildman–Crippen MR) is 46.2 cm³/mol. The van der Waals surface area contributed by atoms with Gasteiger partial charge in [0.2, 0.25) is 0 Å². The van der Waals surface area contributed by atoms with E-state index in [1.807, 2.05) is 6.92 Å². The van der Waals surface area contributed by atoms with Gasteiger partial charge in [-0.05, 0) is 22.9 Å². The van der Waals surface area contributed by atoms with Gasteiger partial charge in [-0.1, -0.05) is 0 Å². The summed E-state index contributed by atoms with van der Waals surface area (Å²) in [5, 5.41) is 1.75. The van der Waals surface area contributed by atoms with E-state index in [9.17, 15) is 0 Å². The number of rotatable bonds is 0. The maximum absolute atomic E-state index is 5.45.